The zero-order chi connectivity index (χ0) is 106. The van der Waals surface area contributed by atoms with E-state index in [-0.39, 0.29) is 227 Å². The van der Waals surface area contributed by atoms with E-state index in [4.69, 9.17) is 66.7 Å². The van der Waals surface area contributed by atoms with Crippen molar-refractivity contribution in [3.63, 3.8) is 0 Å². The third-order valence-electron chi connectivity index (χ3n) is 25.6. The Morgan fingerprint density at radius 1 is 0.462 bits per heavy atom. The van der Waals surface area contributed by atoms with E-state index in [1.165, 1.54) is 56.7 Å². The van der Waals surface area contributed by atoms with Gasteiger partial charge in [-0.1, -0.05) is 52.4 Å². The van der Waals surface area contributed by atoms with Crippen LogP contribution < -0.4 is 32.3 Å². The van der Waals surface area contributed by atoms with Gasteiger partial charge in [0.25, 0.3) is 0 Å². The molecule has 6 amide bonds. The normalized spacial score (nSPS) is 26.2. The van der Waals surface area contributed by atoms with Gasteiger partial charge >= 0.3 is 15.4 Å². The van der Waals surface area contributed by atoms with Gasteiger partial charge in [-0.3, -0.25) is 70.9 Å². The number of unbranched alkanes of at least 4 members (excludes halogenated alkanes) is 13. The second-order valence-corrected chi connectivity index (χ2v) is 42.0. The number of aromatic nitrogens is 4. The van der Waals surface area contributed by atoms with Crippen molar-refractivity contribution in [2.24, 2.45) is 0 Å². The number of phosphoric ester groups is 1. The Balaban J connectivity index is 0.908. The molecule has 2 aromatic rings. The number of carbonyl (C=O) groups excluding carboxylic acids is 11. The average Bonchev–Trinajstić information content (AvgIpc) is 1.57. The summed E-state index contributed by atoms with van der Waals surface area (Å²) in [4.78, 5) is 178. The number of nitrogens with one attached hydrogen (secondary N) is 5. The van der Waals surface area contributed by atoms with Crippen molar-refractivity contribution in [2.45, 2.75) is 393 Å². The van der Waals surface area contributed by atoms with Crippen LogP contribution in [0.25, 0.3) is 11.2 Å². The molecule has 0 spiro atoms. The van der Waals surface area contributed by atoms with Crippen molar-refractivity contribution in [1.29, 1.82) is 0 Å². The van der Waals surface area contributed by atoms with E-state index in [1.54, 1.807) is 0 Å². The summed E-state index contributed by atoms with van der Waals surface area (Å²) in [6.07, 6.45) is -5.77. The molecule has 7 rings (SSSR count). The number of Topliss-reactive ketones (excluding diaryl/α,β-unsaturated/α-hetero) is 5. The number of carbonyl (C=O) groups is 11. The Hall–Kier alpha value is -7.02. The number of hydrogen-bond donors (Lipinski definition) is 18. The van der Waals surface area contributed by atoms with Gasteiger partial charge in [-0.15, -0.1) is 0 Å². The molecule has 5 aliphatic rings. The molecule has 0 aromatic carbocycles. The summed E-state index contributed by atoms with van der Waals surface area (Å²) < 4.78 is 103. The lowest BCUT2D eigenvalue weighted by atomic mass is 9.97. The first-order chi connectivity index (χ1) is 69.2. The van der Waals surface area contributed by atoms with Gasteiger partial charge in [0, 0.05) is 144 Å². The number of rotatable bonds is 76. The highest BCUT2D eigenvalue weighted by atomic mass is 31.2. The lowest BCUT2D eigenvalue weighted by Crippen LogP contribution is -2.64. The monoisotopic (exact) mass is 2110 g/mol. The van der Waals surface area contributed by atoms with Gasteiger partial charge in [-0.05, 0) is 96.3 Å². The third kappa shape index (κ3) is 44.4. The van der Waals surface area contributed by atoms with Crippen LogP contribution in [0.3, 0.4) is 0 Å². The van der Waals surface area contributed by atoms with E-state index >= 15 is 0 Å². The number of nitrogens with zero attached hydrogens (tertiary/aromatic N) is 5. The van der Waals surface area contributed by atoms with Gasteiger partial charge in [0.2, 0.25) is 35.4 Å². The molecule has 0 radical (unpaired) electrons. The molecule has 2 aromatic heterocycles. The molecule has 828 valence electrons. The quantitative estimate of drug-likeness (QED) is 0.0329. The van der Waals surface area contributed by atoms with Crippen LogP contribution in [0.1, 0.15) is 266 Å². The first kappa shape index (κ1) is 125. The van der Waals surface area contributed by atoms with E-state index in [1.807, 2.05) is 0 Å². The fourth-order valence-corrected chi connectivity index (χ4v) is 19.0. The van der Waals surface area contributed by atoms with Gasteiger partial charge in [0.1, 0.15) is 138 Å². The van der Waals surface area contributed by atoms with Crippen LogP contribution >= 0.6 is 15.4 Å². The number of nitrogen functional groups attached to an aromatic ring is 1. The predicted molar refractivity (Wildman–Crippen MR) is 514 cm³/mol. The number of imidazole rings is 1. The standard InChI is InChI=1S/C94H159N11O38P2/c1-59(2)144(127,128)137-53-74-70(47-78(139-74)105-58-99-82-89(95)97-57-98-90(82)105)143-145(129,130)138-52-63-46-69(117)48-104(63)77(120)35-17-9-7-6-8-16-34-76(119)103-94(54-131-43-36-67(115)28-14-10-12-26-64(112)31-19-23-40-134-91-79(100-60(3)109)86(124)83(121)71(49-106)140-91,55-132-44-37-68(116)29-15-11-13-27-65(113)32-20-24-41-135-92-80(101-61(4)110)87(125)84(122)72(50-107)141-92)56-133-45-38-75(118)96-39-22-18-30-66(114)33-21-25-42-136-93-81(102-62(5)111)88(126)85(123)73(51-108)142-93/h57-59,63,69-74,78-81,83-88,91-93,106-108,117,121-126H,6-56H2,1-5H3,(H,96,118)(H,100,109)(H,101,110)(H,102,111)(H,103,119)(H,127,128)(H,129,130)(H2,95,97,98)/t63-,69+,70-,71?,72?,73?,74+,78+,79?,80?,81?,83-,84-,85-,86+,87+,88+,91+,92+,93+,94?/m0/s1. The summed E-state index contributed by atoms with van der Waals surface area (Å²) in [7, 11) is -9.15. The Morgan fingerprint density at radius 3 is 1.30 bits per heavy atom. The Labute approximate surface area is 844 Å². The molecule has 5 fully saturated rings. The summed E-state index contributed by atoms with van der Waals surface area (Å²) in [5, 5.41) is 116. The van der Waals surface area contributed by atoms with Crippen LogP contribution in [0.5, 0.6) is 0 Å². The van der Waals surface area contributed by atoms with E-state index in [9.17, 15) is 123 Å². The summed E-state index contributed by atoms with van der Waals surface area (Å²) in [6, 6.07) is -4.13. The van der Waals surface area contributed by atoms with E-state index in [0.29, 0.717) is 128 Å². The molecule has 49 nitrogen and oxygen atoms in total. The number of ether oxygens (including phenoxy) is 10. The maximum atomic E-state index is 14.3. The van der Waals surface area contributed by atoms with Crippen LogP contribution in [0.4, 0.5) is 5.82 Å². The molecule has 51 heteroatoms. The highest BCUT2D eigenvalue weighted by Crippen LogP contribution is 2.52. The second-order valence-electron chi connectivity index (χ2n) is 38.2. The summed E-state index contributed by atoms with van der Waals surface area (Å²) >= 11 is 0. The Morgan fingerprint density at radius 2 is 0.862 bits per heavy atom. The van der Waals surface area contributed by atoms with Crippen LogP contribution in [0.15, 0.2) is 12.7 Å². The number of likely N-dealkylation sites (tertiary alicyclic amines) is 1. The van der Waals surface area contributed by atoms with Gasteiger partial charge in [-0.25, -0.2) is 19.5 Å². The van der Waals surface area contributed by atoms with Crippen molar-refractivity contribution < 1.29 is 184 Å². The van der Waals surface area contributed by atoms with Gasteiger partial charge in [0.15, 0.2) is 30.3 Å². The van der Waals surface area contributed by atoms with Crippen molar-refractivity contribution in [3.05, 3.63) is 12.7 Å². The molecule has 22 atom stereocenters. The molecule has 145 heavy (non-hydrogen) atoms. The Bertz CT molecular complexity index is 4130. The summed E-state index contributed by atoms with van der Waals surface area (Å²) in [5.74, 6) is -2.82. The van der Waals surface area contributed by atoms with Gasteiger partial charge in [-0.2, -0.15) is 0 Å². The zero-order valence-corrected chi connectivity index (χ0v) is 85.8. The maximum absolute atomic E-state index is 14.3. The molecule has 5 saturated heterocycles. The number of aliphatic hydroxyl groups excluding tert-OH is 10. The summed E-state index contributed by atoms with van der Waals surface area (Å²) in [5.41, 5.74) is 4.29. The number of fused-ring (bicyclic) bond motifs is 1. The van der Waals surface area contributed by atoms with Crippen molar-refractivity contribution in [3.8, 4) is 0 Å². The minimum atomic E-state index is -4.99. The number of amides is 6. The molecular weight excluding hydrogens is 1950 g/mol. The molecule has 0 bridgehead atoms. The van der Waals surface area contributed by atoms with E-state index in [2.05, 4.69) is 41.5 Å². The first-order valence-electron chi connectivity index (χ1n) is 50.8. The van der Waals surface area contributed by atoms with Crippen molar-refractivity contribution >= 4 is 96.8 Å². The Kier molecular flexibility index (Phi) is 56.8. The number of hydrogen-bond acceptors (Lipinski definition) is 40. The van der Waals surface area contributed by atoms with Crippen LogP contribution in [0, 0.1) is 0 Å². The molecular formula is C94H159N11O38P2. The maximum Gasteiger partial charge on any atom is 0.472 e. The molecule has 8 unspecified atom stereocenters. The lowest BCUT2D eigenvalue weighted by Gasteiger charge is -2.42. The SMILES string of the molecule is CC(=O)NC1[C@H](OCCCCC(=O)CCCCCC(=O)CCOCC(COCCC(=O)CCCCCC(=O)CCCCO[C@@H]2OC(CO)[C@H](O)[C@H](O)C2NC(C)=O)(COCCC(=O)NCCCCC(=O)CCCCO[C@@H]2OC(CO)[C@H](O)[C@H](O)C2NC(C)=O)NC(=O)CCCCCCCCC(=O)N2C[C@H](O)C[C@H]2COP(=O)(O)O[C@H]2C[C@H](n3cnc4c(N)ncnc43)O[C@@H]2COP(=O)(O)C(C)C)OC(CO)[C@H](O)[C@@H]1O. The minimum Gasteiger partial charge on any atom is -0.394 e. The van der Waals surface area contributed by atoms with Gasteiger partial charge < -0.3 is 150 Å². The average molecular weight is 2110 g/mol. The van der Waals surface area contributed by atoms with Crippen molar-refractivity contribution in [2.75, 3.05) is 111 Å². The topological polar surface area (TPSA) is 718 Å². The van der Waals surface area contributed by atoms with Crippen molar-refractivity contribution in [1.82, 2.24) is 51.0 Å². The first-order valence-corrected chi connectivity index (χ1v) is 53.9. The lowest BCUT2D eigenvalue weighted by molar-refractivity contribution is -0.270. The number of anilines is 1. The van der Waals surface area contributed by atoms with E-state index < -0.39 is 206 Å². The largest absolute Gasteiger partial charge is 0.472 e. The van der Waals surface area contributed by atoms with Gasteiger partial charge in [0.05, 0.1) is 96.8 Å². The highest BCUT2D eigenvalue weighted by molar-refractivity contribution is 7.53. The molecule has 0 aliphatic carbocycles. The third-order valence-corrected chi connectivity index (χ3v) is 28.5. The zero-order valence-electron chi connectivity index (χ0n) is 84.0. The van der Waals surface area contributed by atoms with Crippen LogP contribution in [0.2, 0.25) is 0 Å². The summed E-state index contributed by atoms with van der Waals surface area (Å²) in [6.45, 7) is 3.14. The number of phosphoric acid groups is 1. The molecule has 7 heterocycles. The number of aliphatic hydroxyl groups is 10. The molecule has 5 aliphatic heterocycles. The molecule has 0 saturated carbocycles. The number of β-amino-alcohol motifs (C(OH)–C–C–N with tert-alkyl or cyclic N) is 1. The molecule has 19 N–H and O–H groups in total. The fraction of sp³-hybridized carbons (Fsp3) is 0.830. The minimum absolute atomic E-state index is 0.000968. The van der Waals surface area contributed by atoms with Crippen LogP contribution in [-0.4, -0.2) is 383 Å². The highest BCUT2D eigenvalue weighted by Gasteiger charge is 2.50. The smallest absolute Gasteiger partial charge is 0.394 e. The van der Waals surface area contributed by atoms with E-state index in [0.717, 1.165) is 0 Å². The number of ketones is 5. The number of nitrogens with two attached hydrogens (primary N) is 1. The van der Waals surface area contributed by atoms with Crippen LogP contribution in [-0.2, 0) is 123 Å². The fourth-order valence-electron chi connectivity index (χ4n) is 17.4. The second kappa shape index (κ2) is 65.9. The predicted octanol–water partition coefficient (Wildman–Crippen LogP) is 1.39.